The maximum Gasteiger partial charge on any atom is 0.250 e. The number of amides is 1. The molecule has 1 aromatic carbocycles. The van der Waals surface area contributed by atoms with Crippen LogP contribution in [0.5, 0.6) is 5.75 Å². The molecule has 0 fully saturated rings. The summed E-state index contributed by atoms with van der Waals surface area (Å²) in [6, 6.07) is 7.57. The topological polar surface area (TPSA) is 29.5 Å². The summed E-state index contributed by atoms with van der Waals surface area (Å²) in [7, 11) is 0. The zero-order chi connectivity index (χ0) is 10.7. The number of carbonyl (C=O) groups excluding carboxylic acids is 1. The van der Waals surface area contributed by atoms with E-state index in [0.29, 0.717) is 13.2 Å². The van der Waals surface area contributed by atoms with Gasteiger partial charge in [0.1, 0.15) is 5.75 Å². The van der Waals surface area contributed by atoms with Gasteiger partial charge in [0.2, 0.25) is 5.91 Å². The first-order chi connectivity index (χ1) is 7.33. The van der Waals surface area contributed by atoms with Crippen LogP contribution >= 0.6 is 0 Å². The molecule has 0 aromatic heterocycles. The van der Waals surface area contributed by atoms with Crippen LogP contribution in [0.1, 0.15) is 6.42 Å². The molecule has 1 amide bonds. The number of anilines is 1. The summed E-state index contributed by atoms with van der Waals surface area (Å²) in [6.45, 7) is 4.84. The van der Waals surface area contributed by atoms with E-state index >= 15 is 0 Å². The lowest BCUT2D eigenvalue weighted by Crippen LogP contribution is -2.29. The molecule has 78 valence electrons. The number of benzene rings is 1. The molecule has 0 saturated carbocycles. The summed E-state index contributed by atoms with van der Waals surface area (Å²) in [6.07, 6.45) is 2.18. The zero-order valence-electron chi connectivity index (χ0n) is 8.48. The van der Waals surface area contributed by atoms with Crippen LogP contribution in [0.25, 0.3) is 0 Å². The SMILES string of the molecule is C=CC(=O)N1CCCOc2ccccc21. The summed E-state index contributed by atoms with van der Waals surface area (Å²) in [5.41, 5.74) is 0.833. The van der Waals surface area contributed by atoms with Gasteiger partial charge in [-0.2, -0.15) is 0 Å². The predicted molar refractivity (Wildman–Crippen MR) is 59.1 cm³/mol. The van der Waals surface area contributed by atoms with Crippen LogP contribution in [0.2, 0.25) is 0 Å². The third-order valence-corrected chi connectivity index (χ3v) is 2.38. The van der Waals surface area contributed by atoms with Crippen LogP contribution in [-0.4, -0.2) is 19.1 Å². The Morgan fingerprint density at radius 3 is 3.07 bits per heavy atom. The summed E-state index contributed by atoms with van der Waals surface area (Å²) < 4.78 is 5.55. The summed E-state index contributed by atoms with van der Waals surface area (Å²) >= 11 is 0. The van der Waals surface area contributed by atoms with Gasteiger partial charge < -0.3 is 9.64 Å². The first kappa shape index (κ1) is 9.77. The number of para-hydroxylation sites is 2. The number of carbonyl (C=O) groups is 1. The third kappa shape index (κ3) is 1.86. The van der Waals surface area contributed by atoms with Gasteiger partial charge in [-0.3, -0.25) is 4.79 Å². The molecule has 0 aliphatic carbocycles. The maximum absolute atomic E-state index is 11.6. The molecule has 1 heterocycles. The van der Waals surface area contributed by atoms with Gasteiger partial charge in [0.05, 0.1) is 12.3 Å². The Morgan fingerprint density at radius 1 is 1.47 bits per heavy atom. The zero-order valence-corrected chi connectivity index (χ0v) is 8.48. The molecule has 0 spiro atoms. The van der Waals surface area contributed by atoms with Gasteiger partial charge >= 0.3 is 0 Å². The lowest BCUT2D eigenvalue weighted by molar-refractivity contribution is -0.114. The van der Waals surface area contributed by atoms with E-state index in [1.54, 1.807) is 4.90 Å². The Hall–Kier alpha value is -1.77. The highest BCUT2D eigenvalue weighted by Gasteiger charge is 2.19. The van der Waals surface area contributed by atoms with Gasteiger partial charge in [-0.1, -0.05) is 18.7 Å². The van der Waals surface area contributed by atoms with Crippen molar-refractivity contribution in [3.63, 3.8) is 0 Å². The molecule has 3 heteroatoms. The molecule has 0 N–H and O–H groups in total. The average Bonchev–Trinajstić information content (AvgIpc) is 2.50. The highest BCUT2D eigenvalue weighted by Crippen LogP contribution is 2.30. The number of fused-ring (bicyclic) bond motifs is 1. The van der Waals surface area contributed by atoms with Gasteiger partial charge in [-0.05, 0) is 24.6 Å². The Labute approximate surface area is 89.0 Å². The molecule has 1 aliphatic rings. The number of hydrogen-bond acceptors (Lipinski definition) is 2. The van der Waals surface area contributed by atoms with E-state index < -0.39 is 0 Å². The molecular formula is C12H13NO2. The van der Waals surface area contributed by atoms with Crippen molar-refractivity contribution in [2.45, 2.75) is 6.42 Å². The maximum atomic E-state index is 11.6. The first-order valence-corrected chi connectivity index (χ1v) is 4.98. The van der Waals surface area contributed by atoms with Gasteiger partial charge in [0, 0.05) is 6.54 Å². The van der Waals surface area contributed by atoms with Crippen molar-refractivity contribution in [3.05, 3.63) is 36.9 Å². The standard InChI is InChI=1S/C12H13NO2/c1-2-12(14)13-8-5-9-15-11-7-4-3-6-10(11)13/h2-4,6-7H,1,5,8-9H2. The molecular weight excluding hydrogens is 190 g/mol. The smallest absolute Gasteiger partial charge is 0.250 e. The quantitative estimate of drug-likeness (QED) is 0.653. The van der Waals surface area contributed by atoms with Crippen LogP contribution in [0.3, 0.4) is 0 Å². The summed E-state index contributed by atoms with van der Waals surface area (Å²) in [5.74, 6) is 0.693. The van der Waals surface area contributed by atoms with Gasteiger partial charge in [0.15, 0.2) is 0 Å². The van der Waals surface area contributed by atoms with E-state index in [0.717, 1.165) is 17.9 Å². The first-order valence-electron chi connectivity index (χ1n) is 4.98. The minimum absolute atomic E-state index is 0.0760. The van der Waals surface area contributed by atoms with Crippen molar-refractivity contribution in [1.29, 1.82) is 0 Å². The van der Waals surface area contributed by atoms with Gasteiger partial charge in [0.25, 0.3) is 0 Å². The number of nitrogens with zero attached hydrogens (tertiary/aromatic N) is 1. The fourth-order valence-electron chi connectivity index (χ4n) is 1.67. The minimum atomic E-state index is -0.0760. The molecule has 0 atom stereocenters. The van der Waals surface area contributed by atoms with Crippen LogP contribution in [0, 0.1) is 0 Å². The Kier molecular flexibility index (Phi) is 2.72. The van der Waals surface area contributed by atoms with Gasteiger partial charge in [-0.25, -0.2) is 0 Å². The number of ether oxygens (including phenoxy) is 1. The molecule has 1 aliphatic heterocycles. The molecule has 2 rings (SSSR count). The van der Waals surface area contributed by atoms with Crippen molar-refractivity contribution >= 4 is 11.6 Å². The van der Waals surface area contributed by atoms with Gasteiger partial charge in [-0.15, -0.1) is 0 Å². The molecule has 0 radical (unpaired) electrons. The van der Waals surface area contributed by atoms with Crippen LogP contribution < -0.4 is 9.64 Å². The van der Waals surface area contributed by atoms with Crippen molar-refractivity contribution in [3.8, 4) is 5.75 Å². The number of hydrogen-bond donors (Lipinski definition) is 0. The molecule has 0 unspecified atom stereocenters. The summed E-state index contributed by atoms with van der Waals surface area (Å²) in [4.78, 5) is 13.3. The van der Waals surface area contributed by atoms with E-state index in [9.17, 15) is 4.79 Å². The Morgan fingerprint density at radius 2 is 2.27 bits per heavy atom. The van der Waals surface area contributed by atoms with Crippen molar-refractivity contribution in [2.75, 3.05) is 18.1 Å². The van der Waals surface area contributed by atoms with Crippen molar-refractivity contribution < 1.29 is 9.53 Å². The highest BCUT2D eigenvalue weighted by molar-refractivity contribution is 6.02. The van der Waals surface area contributed by atoms with Crippen LogP contribution in [0.4, 0.5) is 5.69 Å². The largest absolute Gasteiger partial charge is 0.491 e. The normalized spacial score (nSPS) is 14.8. The van der Waals surface area contributed by atoms with E-state index in [-0.39, 0.29) is 5.91 Å². The number of rotatable bonds is 1. The van der Waals surface area contributed by atoms with E-state index in [1.807, 2.05) is 24.3 Å². The molecule has 15 heavy (non-hydrogen) atoms. The van der Waals surface area contributed by atoms with Crippen molar-refractivity contribution in [1.82, 2.24) is 0 Å². The fraction of sp³-hybridized carbons (Fsp3) is 0.250. The average molecular weight is 203 g/mol. The van der Waals surface area contributed by atoms with Crippen molar-refractivity contribution in [2.24, 2.45) is 0 Å². The predicted octanol–water partition coefficient (Wildman–Crippen LogP) is 1.99. The monoisotopic (exact) mass is 203 g/mol. The molecule has 1 aromatic rings. The highest BCUT2D eigenvalue weighted by atomic mass is 16.5. The fourth-order valence-corrected chi connectivity index (χ4v) is 1.67. The Balaban J connectivity index is 2.41. The lowest BCUT2D eigenvalue weighted by atomic mass is 10.2. The van der Waals surface area contributed by atoms with E-state index in [1.165, 1.54) is 6.08 Å². The molecule has 3 nitrogen and oxygen atoms in total. The third-order valence-electron chi connectivity index (χ3n) is 2.38. The molecule has 0 bridgehead atoms. The van der Waals surface area contributed by atoms with E-state index in [2.05, 4.69) is 6.58 Å². The Bertz CT molecular complexity index is 387. The lowest BCUT2D eigenvalue weighted by Gasteiger charge is -2.19. The van der Waals surface area contributed by atoms with E-state index in [4.69, 9.17) is 4.74 Å². The second-order valence-electron chi connectivity index (χ2n) is 3.36. The second kappa shape index (κ2) is 4.17. The summed E-state index contributed by atoms with van der Waals surface area (Å²) in [5, 5.41) is 0. The van der Waals surface area contributed by atoms with Crippen LogP contribution in [0.15, 0.2) is 36.9 Å². The van der Waals surface area contributed by atoms with Crippen LogP contribution in [-0.2, 0) is 4.79 Å². The minimum Gasteiger partial charge on any atom is -0.491 e. The second-order valence-corrected chi connectivity index (χ2v) is 3.36. The molecule has 0 saturated heterocycles.